The van der Waals surface area contributed by atoms with E-state index in [2.05, 4.69) is 10.6 Å². The quantitative estimate of drug-likeness (QED) is 0.811. The maximum atomic E-state index is 13.5. The van der Waals surface area contributed by atoms with E-state index in [-0.39, 0.29) is 17.1 Å². The summed E-state index contributed by atoms with van der Waals surface area (Å²) in [4.78, 5) is 12.2. The van der Waals surface area contributed by atoms with E-state index in [1.54, 1.807) is 18.2 Å². The third-order valence-electron chi connectivity index (χ3n) is 4.14. The lowest BCUT2D eigenvalue weighted by Gasteiger charge is -2.16. The first-order valence-electron chi connectivity index (χ1n) is 8.35. The summed E-state index contributed by atoms with van der Waals surface area (Å²) in [6, 6.07) is 12.2. The van der Waals surface area contributed by atoms with Gasteiger partial charge in [0.05, 0.1) is 17.1 Å². The lowest BCUT2D eigenvalue weighted by Crippen LogP contribution is -2.28. The molecule has 0 bridgehead atoms. The first-order chi connectivity index (χ1) is 12.5. The highest BCUT2D eigenvalue weighted by molar-refractivity contribution is 7.89. The van der Waals surface area contributed by atoms with Gasteiger partial charge in [-0.15, -0.1) is 0 Å². The van der Waals surface area contributed by atoms with Crippen molar-refractivity contribution in [3.63, 3.8) is 0 Å². The smallest absolute Gasteiger partial charge is 0.243 e. The maximum absolute atomic E-state index is 13.5. The molecule has 1 amide bonds. The summed E-state index contributed by atoms with van der Waals surface area (Å²) >= 11 is 0. The van der Waals surface area contributed by atoms with Gasteiger partial charge in [-0.2, -0.15) is 4.31 Å². The van der Waals surface area contributed by atoms with E-state index in [0.29, 0.717) is 18.8 Å². The molecule has 26 heavy (non-hydrogen) atoms. The first kappa shape index (κ1) is 18.3. The minimum absolute atomic E-state index is 0.102. The molecule has 2 N–H and O–H groups in total. The van der Waals surface area contributed by atoms with E-state index in [4.69, 9.17) is 0 Å². The van der Waals surface area contributed by atoms with Gasteiger partial charge < -0.3 is 10.6 Å². The topological polar surface area (TPSA) is 78.5 Å². The fourth-order valence-corrected chi connectivity index (χ4v) is 4.35. The molecule has 0 spiro atoms. The van der Waals surface area contributed by atoms with Crippen molar-refractivity contribution in [2.45, 2.75) is 17.7 Å². The van der Waals surface area contributed by atoms with Gasteiger partial charge in [-0.25, -0.2) is 12.8 Å². The standard InChI is InChI=1S/C18H20FN3O3S/c19-16-8-1-2-9-17(16)21-18(23)13-20-14-6-5-7-15(12-14)26(24,25)22-10-3-4-11-22/h1-2,5-9,12,20H,3-4,10-11,13H2,(H,21,23). The van der Waals surface area contributed by atoms with Gasteiger partial charge in [-0.05, 0) is 43.2 Å². The average Bonchev–Trinajstić information content (AvgIpc) is 3.18. The molecule has 2 aromatic rings. The van der Waals surface area contributed by atoms with Crippen LogP contribution in [0.2, 0.25) is 0 Å². The van der Waals surface area contributed by atoms with E-state index in [1.807, 2.05) is 0 Å². The zero-order valence-corrected chi connectivity index (χ0v) is 14.9. The van der Waals surface area contributed by atoms with Crippen LogP contribution in [0.3, 0.4) is 0 Å². The van der Waals surface area contributed by atoms with E-state index in [9.17, 15) is 17.6 Å². The van der Waals surface area contributed by atoms with Crippen LogP contribution in [0, 0.1) is 5.82 Å². The molecule has 1 aliphatic rings. The van der Waals surface area contributed by atoms with Crippen LogP contribution >= 0.6 is 0 Å². The molecule has 0 aromatic heterocycles. The summed E-state index contributed by atoms with van der Waals surface area (Å²) in [5.41, 5.74) is 0.610. The van der Waals surface area contributed by atoms with Crippen LogP contribution in [-0.4, -0.2) is 38.3 Å². The highest BCUT2D eigenvalue weighted by atomic mass is 32.2. The van der Waals surface area contributed by atoms with Crippen molar-refractivity contribution in [1.29, 1.82) is 0 Å². The molecule has 8 heteroatoms. The molecule has 3 rings (SSSR count). The van der Waals surface area contributed by atoms with Gasteiger partial charge in [0.15, 0.2) is 0 Å². The largest absolute Gasteiger partial charge is 0.376 e. The molecule has 0 aliphatic carbocycles. The zero-order chi connectivity index (χ0) is 18.6. The predicted molar refractivity (Wildman–Crippen MR) is 98.0 cm³/mol. The molecule has 6 nitrogen and oxygen atoms in total. The number of carbonyl (C=O) groups is 1. The van der Waals surface area contributed by atoms with Crippen LogP contribution in [0.1, 0.15) is 12.8 Å². The number of sulfonamides is 1. The Hall–Kier alpha value is -2.45. The van der Waals surface area contributed by atoms with Gasteiger partial charge >= 0.3 is 0 Å². The molecule has 0 unspecified atom stereocenters. The lowest BCUT2D eigenvalue weighted by atomic mass is 10.3. The third kappa shape index (κ3) is 4.20. The van der Waals surface area contributed by atoms with Crippen molar-refractivity contribution in [3.05, 3.63) is 54.3 Å². The van der Waals surface area contributed by atoms with Crippen LogP contribution in [0.25, 0.3) is 0 Å². The molecular weight excluding hydrogens is 357 g/mol. The van der Waals surface area contributed by atoms with Gasteiger partial charge in [0, 0.05) is 18.8 Å². The number of halogens is 1. The van der Waals surface area contributed by atoms with Crippen molar-refractivity contribution in [3.8, 4) is 0 Å². The van der Waals surface area contributed by atoms with Crippen molar-refractivity contribution >= 4 is 27.3 Å². The number of para-hydroxylation sites is 1. The minimum Gasteiger partial charge on any atom is -0.376 e. The molecule has 1 heterocycles. The number of hydrogen-bond donors (Lipinski definition) is 2. The number of rotatable bonds is 6. The predicted octanol–water partition coefficient (Wildman–Crippen LogP) is 2.66. The van der Waals surface area contributed by atoms with Crippen molar-refractivity contribution in [1.82, 2.24) is 4.31 Å². The second kappa shape index (κ2) is 7.84. The molecule has 0 radical (unpaired) electrons. The van der Waals surface area contributed by atoms with Gasteiger partial charge in [0.2, 0.25) is 15.9 Å². The number of benzene rings is 2. The second-order valence-corrected chi connectivity index (χ2v) is 7.96. The number of nitrogens with zero attached hydrogens (tertiary/aromatic N) is 1. The molecule has 0 atom stereocenters. The fourth-order valence-electron chi connectivity index (χ4n) is 2.78. The maximum Gasteiger partial charge on any atom is 0.243 e. The number of carbonyl (C=O) groups excluding carboxylic acids is 1. The summed E-state index contributed by atoms with van der Waals surface area (Å²) in [7, 11) is -3.51. The molecule has 138 valence electrons. The van der Waals surface area contributed by atoms with E-state index in [1.165, 1.54) is 34.6 Å². The minimum atomic E-state index is -3.51. The molecule has 0 saturated carbocycles. The number of nitrogens with one attached hydrogen (secondary N) is 2. The van der Waals surface area contributed by atoms with E-state index < -0.39 is 21.7 Å². The van der Waals surface area contributed by atoms with Crippen molar-refractivity contribution < 1.29 is 17.6 Å². The van der Waals surface area contributed by atoms with Crippen LogP contribution in [-0.2, 0) is 14.8 Å². The Kier molecular flexibility index (Phi) is 5.53. The lowest BCUT2D eigenvalue weighted by molar-refractivity contribution is -0.114. The van der Waals surface area contributed by atoms with Crippen LogP contribution in [0.15, 0.2) is 53.4 Å². The normalized spacial score (nSPS) is 15.0. The monoisotopic (exact) mass is 377 g/mol. The van der Waals surface area contributed by atoms with E-state index in [0.717, 1.165) is 12.8 Å². The highest BCUT2D eigenvalue weighted by Gasteiger charge is 2.27. The number of anilines is 2. The summed E-state index contributed by atoms with van der Waals surface area (Å²) in [6.07, 6.45) is 1.74. The zero-order valence-electron chi connectivity index (χ0n) is 14.1. The third-order valence-corrected chi connectivity index (χ3v) is 6.03. The Morgan fingerprint density at radius 1 is 1.08 bits per heavy atom. The fraction of sp³-hybridized carbons (Fsp3) is 0.278. The Balaban J connectivity index is 1.64. The van der Waals surface area contributed by atoms with Gasteiger partial charge in [-0.1, -0.05) is 18.2 Å². The average molecular weight is 377 g/mol. The first-order valence-corrected chi connectivity index (χ1v) is 9.79. The van der Waals surface area contributed by atoms with Gasteiger partial charge in [-0.3, -0.25) is 4.79 Å². The SMILES string of the molecule is O=C(CNc1cccc(S(=O)(=O)N2CCCC2)c1)Nc1ccccc1F. The van der Waals surface area contributed by atoms with Gasteiger partial charge in [0.25, 0.3) is 0 Å². The summed E-state index contributed by atoms with van der Waals surface area (Å²) in [5, 5.41) is 5.34. The van der Waals surface area contributed by atoms with Crippen molar-refractivity contribution in [2.24, 2.45) is 0 Å². The second-order valence-electron chi connectivity index (χ2n) is 6.02. The van der Waals surface area contributed by atoms with Crippen LogP contribution in [0.5, 0.6) is 0 Å². The number of hydrogen-bond acceptors (Lipinski definition) is 4. The van der Waals surface area contributed by atoms with E-state index >= 15 is 0 Å². The highest BCUT2D eigenvalue weighted by Crippen LogP contribution is 2.23. The summed E-state index contributed by atoms with van der Waals surface area (Å²) < 4.78 is 40.2. The van der Waals surface area contributed by atoms with Crippen molar-refractivity contribution in [2.75, 3.05) is 30.3 Å². The summed E-state index contributed by atoms with van der Waals surface area (Å²) in [6.45, 7) is 0.956. The summed E-state index contributed by atoms with van der Waals surface area (Å²) in [5.74, 6) is -0.942. The number of amides is 1. The molecule has 1 fully saturated rings. The molecule has 1 aliphatic heterocycles. The van der Waals surface area contributed by atoms with Crippen LogP contribution < -0.4 is 10.6 Å². The van der Waals surface area contributed by atoms with Crippen LogP contribution in [0.4, 0.5) is 15.8 Å². The Morgan fingerprint density at radius 3 is 2.54 bits per heavy atom. The Bertz CT molecular complexity index is 896. The van der Waals surface area contributed by atoms with Gasteiger partial charge in [0.1, 0.15) is 5.82 Å². The Labute approximate surface area is 152 Å². The molecular formula is C18H20FN3O3S. The Morgan fingerprint density at radius 2 is 1.81 bits per heavy atom. The molecule has 2 aromatic carbocycles. The molecule has 1 saturated heterocycles.